The molecule has 2 saturated carbocycles. The highest BCUT2D eigenvalue weighted by atomic mass is 16.5. The molecule has 0 spiro atoms. The molecule has 0 amide bonds. The van der Waals surface area contributed by atoms with Gasteiger partial charge in [0.2, 0.25) is 0 Å². The molecular formula is C13H22O3. The zero-order valence-corrected chi connectivity index (χ0v) is 10.1. The molecule has 92 valence electrons. The van der Waals surface area contributed by atoms with Gasteiger partial charge in [-0.15, -0.1) is 0 Å². The Morgan fingerprint density at radius 2 is 2.00 bits per heavy atom. The van der Waals surface area contributed by atoms with Crippen molar-refractivity contribution in [3.63, 3.8) is 0 Å². The summed E-state index contributed by atoms with van der Waals surface area (Å²) >= 11 is 0. The second-order valence-corrected chi connectivity index (χ2v) is 5.53. The quantitative estimate of drug-likeness (QED) is 0.801. The first kappa shape index (κ1) is 11.9. The summed E-state index contributed by atoms with van der Waals surface area (Å²) in [6.07, 6.45) is 8.35. The van der Waals surface area contributed by atoms with Gasteiger partial charge in [-0.3, -0.25) is 4.79 Å². The van der Waals surface area contributed by atoms with Crippen LogP contribution < -0.4 is 0 Å². The molecule has 2 aliphatic carbocycles. The van der Waals surface area contributed by atoms with Gasteiger partial charge in [-0.2, -0.15) is 0 Å². The van der Waals surface area contributed by atoms with E-state index in [-0.39, 0.29) is 12.0 Å². The van der Waals surface area contributed by atoms with E-state index in [1.54, 1.807) is 0 Å². The van der Waals surface area contributed by atoms with E-state index in [9.17, 15) is 4.79 Å². The van der Waals surface area contributed by atoms with E-state index >= 15 is 0 Å². The summed E-state index contributed by atoms with van der Waals surface area (Å²) in [5.74, 6) is -0.122. The summed E-state index contributed by atoms with van der Waals surface area (Å²) in [4.78, 5) is 10.9. The molecule has 2 aliphatic rings. The number of hydrogen-bond donors (Lipinski definition) is 1. The Labute approximate surface area is 97.2 Å². The van der Waals surface area contributed by atoms with Crippen LogP contribution in [-0.4, -0.2) is 22.8 Å². The number of carbonyl (C=O) groups is 1. The lowest BCUT2D eigenvalue weighted by atomic mass is 9.76. The number of ether oxygens (including phenoxy) is 1. The molecule has 1 N–H and O–H groups in total. The van der Waals surface area contributed by atoms with E-state index in [0.29, 0.717) is 12.0 Å². The summed E-state index contributed by atoms with van der Waals surface area (Å²) in [5, 5.41) is 8.93. The Hall–Kier alpha value is -0.570. The van der Waals surface area contributed by atoms with Gasteiger partial charge in [0.15, 0.2) is 0 Å². The van der Waals surface area contributed by atoms with Gasteiger partial charge in [0, 0.05) is 0 Å². The van der Waals surface area contributed by atoms with Gasteiger partial charge in [0.25, 0.3) is 0 Å². The summed E-state index contributed by atoms with van der Waals surface area (Å²) in [5.41, 5.74) is -0.317. The topological polar surface area (TPSA) is 46.5 Å². The highest BCUT2D eigenvalue weighted by Crippen LogP contribution is 2.42. The maximum Gasteiger partial charge on any atom is 0.306 e. The van der Waals surface area contributed by atoms with Crippen LogP contribution in [0, 0.1) is 5.92 Å². The molecule has 0 aromatic carbocycles. The first-order valence-electron chi connectivity index (χ1n) is 6.51. The van der Waals surface area contributed by atoms with Gasteiger partial charge in [-0.05, 0) is 38.0 Å². The first-order valence-corrected chi connectivity index (χ1v) is 6.51. The van der Waals surface area contributed by atoms with Crippen LogP contribution in [0.1, 0.15) is 58.3 Å². The fraction of sp³-hybridized carbons (Fsp3) is 0.923. The van der Waals surface area contributed by atoms with Crippen molar-refractivity contribution in [2.24, 2.45) is 5.92 Å². The van der Waals surface area contributed by atoms with Crippen LogP contribution in [0.15, 0.2) is 0 Å². The standard InChI is InChI=1S/C13H22O3/c1-10-5-2-3-6-11(10)16-13(7-4-8-13)9-12(14)15/h10-11H,2-9H2,1H3,(H,14,15). The van der Waals surface area contributed by atoms with Crippen molar-refractivity contribution in [3.8, 4) is 0 Å². The van der Waals surface area contributed by atoms with E-state index in [4.69, 9.17) is 9.84 Å². The Morgan fingerprint density at radius 3 is 2.50 bits per heavy atom. The minimum Gasteiger partial charge on any atom is -0.481 e. The molecule has 3 heteroatoms. The third-order valence-electron chi connectivity index (χ3n) is 4.17. The van der Waals surface area contributed by atoms with E-state index in [2.05, 4.69) is 6.92 Å². The van der Waals surface area contributed by atoms with Crippen LogP contribution >= 0.6 is 0 Å². The molecule has 0 aliphatic heterocycles. The molecule has 0 aromatic rings. The maximum absolute atomic E-state index is 10.9. The third kappa shape index (κ3) is 2.57. The summed E-state index contributed by atoms with van der Waals surface area (Å²) in [6, 6.07) is 0. The second kappa shape index (κ2) is 4.74. The van der Waals surface area contributed by atoms with Crippen molar-refractivity contribution in [2.75, 3.05) is 0 Å². The van der Waals surface area contributed by atoms with Gasteiger partial charge < -0.3 is 9.84 Å². The van der Waals surface area contributed by atoms with Crippen molar-refractivity contribution in [1.29, 1.82) is 0 Å². The number of carboxylic acid groups (broad SMARTS) is 1. The molecule has 0 aromatic heterocycles. The highest BCUT2D eigenvalue weighted by molar-refractivity contribution is 5.68. The number of carboxylic acids is 1. The maximum atomic E-state index is 10.9. The van der Waals surface area contributed by atoms with E-state index in [1.165, 1.54) is 19.3 Å². The van der Waals surface area contributed by atoms with Gasteiger partial charge in [-0.25, -0.2) is 0 Å². The van der Waals surface area contributed by atoms with Gasteiger partial charge in [-0.1, -0.05) is 19.8 Å². The summed E-state index contributed by atoms with van der Waals surface area (Å²) in [6.45, 7) is 2.23. The van der Waals surface area contributed by atoms with E-state index in [1.807, 2.05) is 0 Å². The van der Waals surface area contributed by atoms with Crippen LogP contribution in [0.4, 0.5) is 0 Å². The molecular weight excluding hydrogens is 204 g/mol. The van der Waals surface area contributed by atoms with Crippen LogP contribution in [0.3, 0.4) is 0 Å². The van der Waals surface area contributed by atoms with Gasteiger partial charge in [0.05, 0.1) is 18.1 Å². The largest absolute Gasteiger partial charge is 0.481 e. The Bertz CT molecular complexity index is 258. The van der Waals surface area contributed by atoms with Crippen molar-refractivity contribution < 1.29 is 14.6 Å². The zero-order chi connectivity index (χ0) is 11.6. The van der Waals surface area contributed by atoms with Crippen LogP contribution in [0.2, 0.25) is 0 Å². The Morgan fingerprint density at radius 1 is 1.31 bits per heavy atom. The van der Waals surface area contributed by atoms with E-state index < -0.39 is 5.97 Å². The fourth-order valence-electron chi connectivity index (χ4n) is 2.96. The van der Waals surface area contributed by atoms with Gasteiger partial charge >= 0.3 is 5.97 Å². The molecule has 0 bridgehead atoms. The second-order valence-electron chi connectivity index (χ2n) is 5.53. The predicted molar refractivity (Wildman–Crippen MR) is 61.3 cm³/mol. The summed E-state index contributed by atoms with van der Waals surface area (Å²) in [7, 11) is 0. The van der Waals surface area contributed by atoms with Crippen molar-refractivity contribution >= 4 is 5.97 Å². The molecule has 0 heterocycles. The third-order valence-corrected chi connectivity index (χ3v) is 4.17. The molecule has 2 rings (SSSR count). The molecule has 2 unspecified atom stereocenters. The molecule has 2 fully saturated rings. The Kier molecular flexibility index (Phi) is 3.53. The fourth-order valence-corrected chi connectivity index (χ4v) is 2.96. The lowest BCUT2D eigenvalue weighted by molar-refractivity contribution is -0.178. The van der Waals surface area contributed by atoms with Crippen LogP contribution in [-0.2, 0) is 9.53 Å². The first-order chi connectivity index (χ1) is 7.61. The van der Waals surface area contributed by atoms with E-state index in [0.717, 1.165) is 25.7 Å². The molecule has 16 heavy (non-hydrogen) atoms. The molecule has 2 atom stereocenters. The SMILES string of the molecule is CC1CCCCC1OC1(CC(=O)O)CCC1. The minimum absolute atomic E-state index is 0.191. The smallest absolute Gasteiger partial charge is 0.306 e. The number of aliphatic carboxylic acids is 1. The lowest BCUT2D eigenvalue weighted by Crippen LogP contribution is -2.46. The minimum atomic E-state index is -0.719. The van der Waals surface area contributed by atoms with Crippen molar-refractivity contribution in [1.82, 2.24) is 0 Å². The summed E-state index contributed by atoms with van der Waals surface area (Å²) < 4.78 is 6.16. The van der Waals surface area contributed by atoms with Crippen LogP contribution in [0.5, 0.6) is 0 Å². The Balaban J connectivity index is 1.92. The van der Waals surface area contributed by atoms with Crippen molar-refractivity contribution in [2.45, 2.75) is 70.0 Å². The van der Waals surface area contributed by atoms with Crippen molar-refractivity contribution in [3.05, 3.63) is 0 Å². The monoisotopic (exact) mass is 226 g/mol. The molecule has 0 saturated heterocycles. The predicted octanol–water partition coefficient (Wildman–Crippen LogP) is 2.98. The normalized spacial score (nSPS) is 33.1. The van der Waals surface area contributed by atoms with Crippen LogP contribution in [0.25, 0.3) is 0 Å². The average Bonchev–Trinajstić information content (AvgIpc) is 2.17. The van der Waals surface area contributed by atoms with Gasteiger partial charge in [0.1, 0.15) is 0 Å². The molecule has 0 radical (unpaired) electrons. The zero-order valence-electron chi connectivity index (χ0n) is 10.1. The number of hydrogen-bond acceptors (Lipinski definition) is 2. The number of rotatable bonds is 4. The molecule has 3 nitrogen and oxygen atoms in total. The highest BCUT2D eigenvalue weighted by Gasteiger charge is 2.43. The average molecular weight is 226 g/mol. The lowest BCUT2D eigenvalue weighted by Gasteiger charge is -2.45.